The summed E-state index contributed by atoms with van der Waals surface area (Å²) in [5, 5.41) is 12.0. The van der Waals surface area contributed by atoms with E-state index in [4.69, 9.17) is 4.74 Å². The zero-order valence-electron chi connectivity index (χ0n) is 17.1. The molecule has 0 aromatic heterocycles. The number of hydrogen-bond donors (Lipinski definition) is 3. The summed E-state index contributed by atoms with van der Waals surface area (Å²) in [5.74, 6) is -0.175. The maximum Gasteiger partial charge on any atom is 0.237 e. The van der Waals surface area contributed by atoms with Gasteiger partial charge in [0.05, 0.1) is 18.9 Å². The van der Waals surface area contributed by atoms with Crippen LogP contribution in [0.3, 0.4) is 0 Å². The van der Waals surface area contributed by atoms with Crippen molar-refractivity contribution in [3.63, 3.8) is 0 Å². The van der Waals surface area contributed by atoms with E-state index in [-0.39, 0.29) is 29.5 Å². The van der Waals surface area contributed by atoms with E-state index < -0.39 is 28.2 Å². The van der Waals surface area contributed by atoms with E-state index >= 15 is 0 Å². The fourth-order valence-electron chi connectivity index (χ4n) is 3.39. The van der Waals surface area contributed by atoms with Crippen LogP contribution in [0.15, 0.2) is 18.2 Å². The molecule has 8 nitrogen and oxygen atoms in total. The van der Waals surface area contributed by atoms with Gasteiger partial charge in [-0.25, -0.2) is 17.5 Å². The minimum Gasteiger partial charge on any atom is -0.490 e. The number of amides is 1. The quantitative estimate of drug-likeness (QED) is 0.422. The molecular weight excluding hydrogens is 413 g/mol. The highest BCUT2D eigenvalue weighted by Crippen LogP contribution is 2.31. The SMILES string of the molecule is C[C@H](NS(=O)(=O)CCCCCN1CC(=O)NC1O)c1cccc(OCC2CC2)c1F. The second-order valence-electron chi connectivity index (χ2n) is 8.04. The summed E-state index contributed by atoms with van der Waals surface area (Å²) in [4.78, 5) is 12.8. The average Bonchev–Trinajstić information content (AvgIpc) is 3.44. The molecule has 2 fully saturated rings. The predicted octanol–water partition coefficient (Wildman–Crippen LogP) is 1.47. The molecule has 1 aliphatic carbocycles. The number of benzene rings is 1. The fraction of sp³-hybridized carbons (Fsp3) is 0.650. The van der Waals surface area contributed by atoms with Crippen LogP contribution in [-0.2, 0) is 14.8 Å². The molecule has 2 aliphatic rings. The number of carbonyl (C=O) groups excluding carboxylic acids is 1. The van der Waals surface area contributed by atoms with Gasteiger partial charge in [-0.3, -0.25) is 9.69 Å². The molecule has 1 heterocycles. The Morgan fingerprint density at radius 1 is 1.33 bits per heavy atom. The van der Waals surface area contributed by atoms with Gasteiger partial charge in [0.15, 0.2) is 17.9 Å². The Bertz CT molecular complexity index is 847. The van der Waals surface area contributed by atoms with E-state index in [1.165, 1.54) is 0 Å². The van der Waals surface area contributed by atoms with Gasteiger partial charge >= 0.3 is 0 Å². The van der Waals surface area contributed by atoms with Crippen LogP contribution in [0.4, 0.5) is 4.39 Å². The Kier molecular flexibility index (Phi) is 7.67. The van der Waals surface area contributed by atoms with Gasteiger partial charge in [-0.05, 0) is 44.6 Å². The summed E-state index contributed by atoms with van der Waals surface area (Å²) in [7, 11) is -3.58. The van der Waals surface area contributed by atoms with E-state index in [1.54, 1.807) is 30.0 Å². The summed E-state index contributed by atoms with van der Waals surface area (Å²) in [5.41, 5.74) is 0.257. The number of ether oxygens (including phenoxy) is 1. The van der Waals surface area contributed by atoms with Gasteiger partial charge in [-0.15, -0.1) is 0 Å². The van der Waals surface area contributed by atoms with Crippen molar-refractivity contribution in [3.05, 3.63) is 29.6 Å². The van der Waals surface area contributed by atoms with E-state index in [0.717, 1.165) is 12.8 Å². The smallest absolute Gasteiger partial charge is 0.237 e. The number of carbonyl (C=O) groups is 1. The monoisotopic (exact) mass is 443 g/mol. The van der Waals surface area contributed by atoms with Gasteiger partial charge in [0.25, 0.3) is 0 Å². The zero-order chi connectivity index (χ0) is 21.7. The lowest BCUT2D eigenvalue weighted by Gasteiger charge is -2.18. The second-order valence-corrected chi connectivity index (χ2v) is 9.92. The maximum atomic E-state index is 14.7. The van der Waals surface area contributed by atoms with Gasteiger partial charge in [-0.1, -0.05) is 18.6 Å². The predicted molar refractivity (Wildman–Crippen MR) is 110 cm³/mol. The molecule has 0 radical (unpaired) electrons. The standard InChI is InChI=1S/C20H30FN3O5S/c1-14(16-6-5-7-17(19(16)21)29-13-15-8-9-15)23-30(27,28)11-4-2-3-10-24-12-18(25)22-20(24)26/h5-7,14-15,20,23,26H,2-4,8-13H2,1H3,(H,22,25)/t14-,20?/m0/s1. The largest absolute Gasteiger partial charge is 0.490 e. The Hall–Kier alpha value is -1.75. The normalized spacial score (nSPS) is 20.9. The molecule has 1 aromatic carbocycles. The van der Waals surface area contributed by atoms with E-state index in [0.29, 0.717) is 38.3 Å². The van der Waals surface area contributed by atoms with Crippen molar-refractivity contribution in [2.24, 2.45) is 5.92 Å². The number of sulfonamides is 1. The van der Waals surface area contributed by atoms with Crippen molar-refractivity contribution in [3.8, 4) is 5.75 Å². The van der Waals surface area contributed by atoms with Crippen molar-refractivity contribution in [1.29, 1.82) is 0 Å². The summed E-state index contributed by atoms with van der Waals surface area (Å²) in [6.45, 7) is 2.74. The van der Waals surface area contributed by atoms with Crippen LogP contribution in [0, 0.1) is 11.7 Å². The Morgan fingerprint density at radius 2 is 2.10 bits per heavy atom. The lowest BCUT2D eigenvalue weighted by molar-refractivity contribution is -0.119. The molecule has 3 N–H and O–H groups in total. The average molecular weight is 444 g/mol. The first-order valence-corrected chi connectivity index (χ1v) is 12.0. The molecule has 2 atom stereocenters. The zero-order valence-corrected chi connectivity index (χ0v) is 18.0. The van der Waals surface area contributed by atoms with E-state index in [2.05, 4.69) is 10.0 Å². The molecule has 1 saturated heterocycles. The number of aliphatic hydroxyl groups excluding tert-OH is 1. The number of hydrogen-bond acceptors (Lipinski definition) is 6. The highest BCUT2D eigenvalue weighted by atomic mass is 32.2. The number of nitrogens with zero attached hydrogens (tertiary/aromatic N) is 1. The Morgan fingerprint density at radius 3 is 2.77 bits per heavy atom. The molecule has 1 aromatic rings. The first kappa shape index (κ1) is 22.9. The van der Waals surface area contributed by atoms with Crippen molar-refractivity contribution >= 4 is 15.9 Å². The van der Waals surface area contributed by atoms with Crippen LogP contribution < -0.4 is 14.8 Å². The first-order chi connectivity index (χ1) is 14.2. The van der Waals surface area contributed by atoms with Crippen molar-refractivity contribution in [2.75, 3.05) is 25.4 Å². The van der Waals surface area contributed by atoms with E-state index in [9.17, 15) is 22.7 Å². The number of unbranched alkanes of at least 4 members (excludes halogenated alkanes) is 2. The molecular formula is C20H30FN3O5S. The number of rotatable bonds is 12. The van der Waals surface area contributed by atoms with Crippen molar-refractivity contribution < 1.29 is 27.4 Å². The van der Waals surface area contributed by atoms with Crippen LogP contribution in [-0.4, -0.2) is 56.1 Å². The second kappa shape index (κ2) is 10.0. The molecule has 1 saturated carbocycles. The van der Waals surface area contributed by atoms with Crippen LogP contribution in [0.25, 0.3) is 0 Å². The van der Waals surface area contributed by atoms with Gasteiger partial charge in [0.1, 0.15) is 0 Å². The molecule has 1 unspecified atom stereocenters. The molecule has 0 bridgehead atoms. The topological polar surface area (TPSA) is 108 Å². The van der Waals surface area contributed by atoms with Gasteiger partial charge in [0, 0.05) is 18.2 Å². The third-order valence-electron chi connectivity index (χ3n) is 5.33. The summed E-state index contributed by atoms with van der Waals surface area (Å²) in [6.07, 6.45) is 2.96. The third kappa shape index (κ3) is 6.63. The van der Waals surface area contributed by atoms with Crippen LogP contribution in [0.2, 0.25) is 0 Å². The lowest BCUT2D eigenvalue weighted by atomic mass is 10.1. The molecule has 30 heavy (non-hydrogen) atoms. The number of halogens is 1. The third-order valence-corrected chi connectivity index (χ3v) is 6.87. The van der Waals surface area contributed by atoms with Crippen LogP contribution in [0.5, 0.6) is 5.75 Å². The van der Waals surface area contributed by atoms with Crippen molar-refractivity contribution in [2.45, 2.75) is 51.4 Å². The Labute approximate surface area is 176 Å². The molecule has 168 valence electrons. The maximum absolute atomic E-state index is 14.7. The Balaban J connectivity index is 1.43. The van der Waals surface area contributed by atoms with Crippen molar-refractivity contribution in [1.82, 2.24) is 14.9 Å². The molecule has 1 aliphatic heterocycles. The summed E-state index contributed by atoms with van der Waals surface area (Å²) >= 11 is 0. The van der Waals surface area contributed by atoms with E-state index in [1.807, 2.05) is 0 Å². The molecule has 10 heteroatoms. The molecule has 1 amide bonds. The first-order valence-electron chi connectivity index (χ1n) is 10.4. The minimum absolute atomic E-state index is 0.0729. The van der Waals surface area contributed by atoms with Gasteiger partial charge in [-0.2, -0.15) is 0 Å². The highest BCUT2D eigenvalue weighted by Gasteiger charge is 2.27. The van der Waals surface area contributed by atoms with Crippen LogP contribution >= 0.6 is 0 Å². The summed E-state index contributed by atoms with van der Waals surface area (Å²) in [6, 6.07) is 4.07. The fourth-order valence-corrected chi connectivity index (χ4v) is 4.76. The van der Waals surface area contributed by atoms with Gasteiger partial charge < -0.3 is 15.2 Å². The summed E-state index contributed by atoms with van der Waals surface area (Å²) < 4.78 is 47.5. The number of nitrogens with one attached hydrogen (secondary N) is 2. The lowest BCUT2D eigenvalue weighted by Crippen LogP contribution is -2.36. The van der Waals surface area contributed by atoms with Crippen LogP contribution in [0.1, 0.15) is 50.6 Å². The highest BCUT2D eigenvalue weighted by molar-refractivity contribution is 7.89. The molecule has 0 spiro atoms. The number of aliphatic hydroxyl groups is 1. The minimum atomic E-state index is -3.58. The van der Waals surface area contributed by atoms with Gasteiger partial charge in [0.2, 0.25) is 15.9 Å². The molecule has 3 rings (SSSR count).